The predicted molar refractivity (Wildman–Crippen MR) is 78.3 cm³/mol. The van der Waals surface area contributed by atoms with Gasteiger partial charge in [-0.15, -0.1) is 0 Å². The second-order valence-electron chi connectivity index (χ2n) is 4.64. The van der Waals surface area contributed by atoms with Gasteiger partial charge in [0.05, 0.1) is 12.6 Å². The van der Waals surface area contributed by atoms with Crippen molar-refractivity contribution in [1.29, 1.82) is 0 Å². The van der Waals surface area contributed by atoms with Crippen molar-refractivity contribution in [2.75, 3.05) is 19.5 Å². The molecule has 0 aliphatic carbocycles. The highest BCUT2D eigenvalue weighted by Gasteiger charge is 2.17. The Morgan fingerprint density at radius 2 is 2.32 bits per heavy atom. The van der Waals surface area contributed by atoms with Crippen LogP contribution in [0.2, 0.25) is 0 Å². The summed E-state index contributed by atoms with van der Waals surface area (Å²) in [7, 11) is 0. The fourth-order valence-corrected chi connectivity index (χ4v) is 2.58. The normalized spacial score (nSPS) is 18.3. The summed E-state index contributed by atoms with van der Waals surface area (Å²) in [5.41, 5.74) is 2.42. The van der Waals surface area contributed by atoms with E-state index in [1.165, 1.54) is 5.56 Å². The zero-order chi connectivity index (χ0) is 13.5. The Morgan fingerprint density at radius 3 is 3.05 bits per heavy atom. The largest absolute Gasteiger partial charge is 0.379 e. The topological polar surface area (TPSA) is 50.4 Å². The lowest BCUT2D eigenvalue weighted by Gasteiger charge is -2.12. The molecule has 19 heavy (non-hydrogen) atoms. The molecule has 0 unspecified atom stereocenters. The monoisotopic (exact) mass is 280 g/mol. The number of rotatable bonds is 5. The van der Waals surface area contributed by atoms with Gasteiger partial charge in [0, 0.05) is 18.9 Å². The average Bonchev–Trinajstić information content (AvgIpc) is 2.90. The van der Waals surface area contributed by atoms with Crippen molar-refractivity contribution in [3.05, 3.63) is 35.4 Å². The Bertz CT molecular complexity index is 420. The van der Waals surface area contributed by atoms with Crippen LogP contribution in [0.15, 0.2) is 24.3 Å². The fraction of sp³-hybridized carbons (Fsp3) is 0.500. The molecule has 0 spiro atoms. The number of amides is 2. The lowest BCUT2D eigenvalue weighted by Crippen LogP contribution is -2.42. The number of thioether (sulfide) groups is 1. The van der Waals surface area contributed by atoms with Crippen molar-refractivity contribution in [3.8, 4) is 0 Å². The number of ether oxygens (including phenoxy) is 1. The van der Waals surface area contributed by atoms with Crippen LogP contribution in [0.1, 0.15) is 17.5 Å². The Labute approximate surface area is 118 Å². The van der Waals surface area contributed by atoms with Crippen molar-refractivity contribution in [1.82, 2.24) is 10.6 Å². The molecule has 0 bridgehead atoms. The maximum Gasteiger partial charge on any atom is 0.315 e. The zero-order valence-electron chi connectivity index (χ0n) is 11.1. The molecule has 1 atom stereocenters. The summed E-state index contributed by atoms with van der Waals surface area (Å²) < 4.78 is 5.22. The molecule has 104 valence electrons. The van der Waals surface area contributed by atoms with E-state index in [9.17, 15) is 4.79 Å². The molecule has 2 N–H and O–H groups in total. The summed E-state index contributed by atoms with van der Waals surface area (Å²) in [5.74, 6) is 0.999. The summed E-state index contributed by atoms with van der Waals surface area (Å²) in [6.07, 6.45) is 2.98. The average molecular weight is 280 g/mol. The molecule has 1 aliphatic rings. The second-order valence-corrected chi connectivity index (χ2v) is 5.51. The van der Waals surface area contributed by atoms with Gasteiger partial charge >= 0.3 is 6.03 Å². The van der Waals surface area contributed by atoms with Gasteiger partial charge in [-0.1, -0.05) is 24.3 Å². The van der Waals surface area contributed by atoms with Crippen LogP contribution >= 0.6 is 11.8 Å². The highest BCUT2D eigenvalue weighted by molar-refractivity contribution is 7.97. The van der Waals surface area contributed by atoms with E-state index in [0.29, 0.717) is 13.2 Å². The zero-order valence-corrected chi connectivity index (χ0v) is 12.0. The van der Waals surface area contributed by atoms with Crippen LogP contribution in [0, 0.1) is 0 Å². The Kier molecular flexibility index (Phi) is 5.54. The first-order chi connectivity index (χ1) is 9.28. The van der Waals surface area contributed by atoms with E-state index in [4.69, 9.17) is 4.74 Å². The summed E-state index contributed by atoms with van der Waals surface area (Å²) in [6.45, 7) is 1.92. The van der Waals surface area contributed by atoms with Gasteiger partial charge in [-0.3, -0.25) is 0 Å². The highest BCUT2D eigenvalue weighted by atomic mass is 32.2. The third-order valence-electron chi connectivity index (χ3n) is 3.02. The SMILES string of the molecule is CSCc1cccc(CNC(=O)N[C@@H]2CCOC2)c1. The number of benzene rings is 1. The van der Waals surface area contributed by atoms with Crippen molar-refractivity contribution in [3.63, 3.8) is 0 Å². The Morgan fingerprint density at radius 1 is 1.47 bits per heavy atom. The maximum atomic E-state index is 11.7. The smallest absolute Gasteiger partial charge is 0.315 e. The quantitative estimate of drug-likeness (QED) is 0.869. The van der Waals surface area contributed by atoms with Crippen LogP contribution in [0.4, 0.5) is 4.79 Å². The molecule has 2 rings (SSSR count). The number of nitrogens with one attached hydrogen (secondary N) is 2. The van der Waals surface area contributed by atoms with Crippen LogP contribution < -0.4 is 10.6 Å². The summed E-state index contributed by atoms with van der Waals surface area (Å²) in [4.78, 5) is 11.7. The van der Waals surface area contributed by atoms with E-state index < -0.39 is 0 Å². The Hall–Kier alpha value is -1.20. The van der Waals surface area contributed by atoms with Crippen molar-refractivity contribution in [2.45, 2.75) is 24.8 Å². The minimum absolute atomic E-state index is 0.120. The highest BCUT2D eigenvalue weighted by Crippen LogP contribution is 2.11. The molecule has 0 radical (unpaired) electrons. The van der Waals surface area contributed by atoms with Crippen molar-refractivity contribution < 1.29 is 9.53 Å². The maximum absolute atomic E-state index is 11.7. The predicted octanol–water partition coefficient (Wildman–Crippen LogP) is 2.14. The van der Waals surface area contributed by atoms with Crippen LogP contribution in [0.3, 0.4) is 0 Å². The standard InChI is InChI=1S/C14H20N2O2S/c1-19-10-12-4-2-3-11(7-12)8-15-14(17)16-13-5-6-18-9-13/h2-4,7,13H,5-6,8-10H2,1H3,(H2,15,16,17)/t13-/m1/s1. The van der Waals surface area contributed by atoms with Crippen molar-refractivity contribution in [2.24, 2.45) is 0 Å². The second kappa shape index (κ2) is 7.40. The van der Waals surface area contributed by atoms with Gasteiger partial charge in [0.25, 0.3) is 0 Å². The van der Waals surface area contributed by atoms with Crippen LogP contribution in [0.5, 0.6) is 0 Å². The first kappa shape index (κ1) is 14.2. The van der Waals surface area contributed by atoms with E-state index in [0.717, 1.165) is 24.3 Å². The van der Waals surface area contributed by atoms with Gasteiger partial charge in [0.15, 0.2) is 0 Å². The first-order valence-corrected chi connectivity index (χ1v) is 7.86. The minimum atomic E-state index is -0.120. The van der Waals surface area contributed by atoms with Crippen LogP contribution in [-0.4, -0.2) is 31.5 Å². The molecule has 1 aromatic carbocycles. The lowest BCUT2D eigenvalue weighted by atomic mass is 10.1. The van der Waals surface area contributed by atoms with E-state index in [-0.39, 0.29) is 12.1 Å². The third-order valence-corrected chi connectivity index (χ3v) is 3.64. The van der Waals surface area contributed by atoms with E-state index in [2.05, 4.69) is 29.0 Å². The van der Waals surface area contributed by atoms with Gasteiger partial charge in [-0.2, -0.15) is 11.8 Å². The summed E-state index contributed by atoms with van der Waals surface area (Å²) in [5, 5.41) is 5.79. The molecule has 1 saturated heterocycles. The third kappa shape index (κ3) is 4.76. The number of hydrogen-bond donors (Lipinski definition) is 2. The molecule has 1 fully saturated rings. The van der Waals surface area contributed by atoms with Crippen LogP contribution in [0.25, 0.3) is 0 Å². The first-order valence-electron chi connectivity index (χ1n) is 6.47. The fourth-order valence-electron chi connectivity index (χ4n) is 2.06. The van der Waals surface area contributed by atoms with Gasteiger partial charge in [0.2, 0.25) is 0 Å². The van der Waals surface area contributed by atoms with E-state index in [1.807, 2.05) is 12.1 Å². The van der Waals surface area contributed by atoms with Crippen molar-refractivity contribution >= 4 is 17.8 Å². The lowest BCUT2D eigenvalue weighted by molar-refractivity contribution is 0.188. The molecule has 0 saturated carbocycles. The number of carbonyl (C=O) groups excluding carboxylic acids is 1. The number of carbonyl (C=O) groups is 1. The number of urea groups is 1. The molecule has 5 heteroatoms. The Balaban J connectivity index is 1.77. The van der Waals surface area contributed by atoms with E-state index in [1.54, 1.807) is 11.8 Å². The summed E-state index contributed by atoms with van der Waals surface area (Å²) >= 11 is 1.80. The molecule has 2 amide bonds. The molecule has 1 aromatic rings. The van der Waals surface area contributed by atoms with Gasteiger partial charge < -0.3 is 15.4 Å². The molecule has 0 aromatic heterocycles. The minimum Gasteiger partial charge on any atom is -0.379 e. The molecule has 1 heterocycles. The van der Waals surface area contributed by atoms with Gasteiger partial charge in [0.1, 0.15) is 0 Å². The van der Waals surface area contributed by atoms with Crippen LogP contribution in [-0.2, 0) is 17.0 Å². The van der Waals surface area contributed by atoms with E-state index >= 15 is 0 Å². The van der Waals surface area contributed by atoms with Gasteiger partial charge in [-0.25, -0.2) is 4.79 Å². The molecule has 4 nitrogen and oxygen atoms in total. The molecular weight excluding hydrogens is 260 g/mol. The molecular formula is C14H20N2O2S. The summed E-state index contributed by atoms with van der Waals surface area (Å²) in [6, 6.07) is 8.34. The molecule has 1 aliphatic heterocycles. The van der Waals surface area contributed by atoms with Gasteiger partial charge in [-0.05, 0) is 23.8 Å². The number of hydrogen-bond acceptors (Lipinski definition) is 3.